The van der Waals surface area contributed by atoms with Gasteiger partial charge < -0.3 is 4.57 Å². The van der Waals surface area contributed by atoms with E-state index in [-0.39, 0.29) is 0 Å². The Morgan fingerprint density at radius 2 is 1.48 bits per heavy atom. The largest absolute Gasteiger partial charge is 0.309 e. The van der Waals surface area contributed by atoms with E-state index in [1.807, 2.05) is 25.2 Å². The second-order valence-electron chi connectivity index (χ2n) is 7.58. The molecule has 31 heavy (non-hydrogen) atoms. The van der Waals surface area contributed by atoms with Crippen LogP contribution in [0.3, 0.4) is 0 Å². The number of hydrogen-bond donors (Lipinski definition) is 0. The molecule has 1 nitrogen and oxygen atoms in total. The first-order valence-electron chi connectivity index (χ1n) is 10.4. The molecule has 0 unspecified atom stereocenters. The van der Waals surface area contributed by atoms with Crippen LogP contribution < -0.4 is 0 Å². The quantitative estimate of drug-likeness (QED) is 0.257. The van der Waals surface area contributed by atoms with E-state index < -0.39 is 0 Å². The van der Waals surface area contributed by atoms with Gasteiger partial charge in [0.05, 0.1) is 16.7 Å². The Morgan fingerprint density at radius 1 is 0.774 bits per heavy atom. The van der Waals surface area contributed by atoms with Gasteiger partial charge in [0.25, 0.3) is 0 Å². The van der Waals surface area contributed by atoms with Crippen LogP contribution in [0.15, 0.2) is 115 Å². The van der Waals surface area contributed by atoms with E-state index in [9.17, 15) is 0 Å². The van der Waals surface area contributed by atoms with E-state index in [2.05, 4.69) is 96.1 Å². The molecule has 0 bridgehead atoms. The lowest BCUT2D eigenvalue weighted by molar-refractivity contribution is 1.17. The highest BCUT2D eigenvalue weighted by Crippen LogP contribution is 2.38. The molecule has 5 rings (SSSR count). The number of aromatic nitrogens is 1. The van der Waals surface area contributed by atoms with Gasteiger partial charge in [-0.25, -0.2) is 0 Å². The van der Waals surface area contributed by atoms with E-state index in [1.54, 1.807) is 0 Å². The lowest BCUT2D eigenvalue weighted by atomic mass is 10.0. The number of allylic oxidation sites excluding steroid dienone is 5. The van der Waals surface area contributed by atoms with E-state index in [4.69, 9.17) is 11.6 Å². The van der Waals surface area contributed by atoms with Crippen LogP contribution >= 0.6 is 11.6 Å². The summed E-state index contributed by atoms with van der Waals surface area (Å²) in [6, 6.07) is 30.0. The van der Waals surface area contributed by atoms with Crippen molar-refractivity contribution in [3.63, 3.8) is 0 Å². The van der Waals surface area contributed by atoms with Crippen LogP contribution in [0.4, 0.5) is 0 Å². The zero-order chi connectivity index (χ0) is 21.4. The zero-order valence-electron chi connectivity index (χ0n) is 17.3. The Bertz CT molecular complexity index is 1510. The SMILES string of the molecule is C=C(/C=C\C(Cl)=C/C)c1ccccc1-n1c2ccccc2c2c3ccccc3ccc21. The average molecular weight is 420 g/mol. The van der Waals surface area contributed by atoms with Crippen molar-refractivity contribution in [2.75, 3.05) is 0 Å². The zero-order valence-corrected chi connectivity index (χ0v) is 18.1. The van der Waals surface area contributed by atoms with Crippen molar-refractivity contribution in [3.8, 4) is 5.69 Å². The number of halogens is 1. The topological polar surface area (TPSA) is 4.93 Å². The van der Waals surface area contributed by atoms with Gasteiger partial charge in [-0.3, -0.25) is 0 Å². The first-order chi connectivity index (χ1) is 15.2. The molecule has 0 saturated carbocycles. The highest BCUT2D eigenvalue weighted by atomic mass is 35.5. The second-order valence-corrected chi connectivity index (χ2v) is 8.02. The van der Waals surface area contributed by atoms with Crippen LogP contribution in [0.25, 0.3) is 43.8 Å². The maximum absolute atomic E-state index is 6.18. The van der Waals surface area contributed by atoms with Crippen molar-refractivity contribution in [3.05, 3.63) is 120 Å². The lowest BCUT2D eigenvalue weighted by Gasteiger charge is -2.14. The molecule has 150 valence electrons. The molecule has 4 aromatic carbocycles. The molecule has 0 N–H and O–H groups in total. The molecule has 2 heteroatoms. The van der Waals surface area contributed by atoms with Crippen molar-refractivity contribution in [1.29, 1.82) is 0 Å². The van der Waals surface area contributed by atoms with Gasteiger partial charge in [-0.1, -0.05) is 97.1 Å². The smallest absolute Gasteiger partial charge is 0.0547 e. The molecule has 0 radical (unpaired) electrons. The summed E-state index contributed by atoms with van der Waals surface area (Å²) in [5, 5.41) is 5.75. The summed E-state index contributed by atoms with van der Waals surface area (Å²) in [6.07, 6.45) is 5.74. The fourth-order valence-corrected chi connectivity index (χ4v) is 4.37. The first kappa shape index (κ1) is 19.4. The van der Waals surface area contributed by atoms with Gasteiger partial charge in [0, 0.05) is 21.4 Å². The standard InChI is InChI=1S/C29H22ClN/c1-3-22(30)18-16-20(2)23-11-6-8-14-26(23)31-27-15-9-7-13-25(27)29-24-12-5-4-10-21(24)17-19-28(29)31/h3-19H,2H2,1H3/b18-16-,22-3+. The average Bonchev–Trinajstić information content (AvgIpc) is 3.17. The Balaban J connectivity index is 1.84. The Kier molecular flexibility index (Phi) is 4.97. The van der Waals surface area contributed by atoms with E-state index in [0.29, 0.717) is 5.03 Å². The van der Waals surface area contributed by atoms with Crippen LogP contribution in [0.1, 0.15) is 12.5 Å². The molecular weight excluding hydrogens is 398 g/mol. The Morgan fingerprint density at radius 3 is 2.32 bits per heavy atom. The van der Waals surface area contributed by atoms with Crippen LogP contribution in [-0.4, -0.2) is 4.57 Å². The van der Waals surface area contributed by atoms with Gasteiger partial charge in [0.1, 0.15) is 0 Å². The summed E-state index contributed by atoms with van der Waals surface area (Å²) in [4.78, 5) is 0. The highest BCUT2D eigenvalue weighted by Gasteiger charge is 2.16. The summed E-state index contributed by atoms with van der Waals surface area (Å²) < 4.78 is 2.35. The summed E-state index contributed by atoms with van der Waals surface area (Å²) in [5.41, 5.74) is 5.48. The molecule has 0 atom stereocenters. The number of hydrogen-bond acceptors (Lipinski definition) is 0. The van der Waals surface area contributed by atoms with E-state index in [1.165, 1.54) is 32.6 Å². The molecule has 0 saturated heterocycles. The number of nitrogens with zero attached hydrogens (tertiary/aromatic N) is 1. The summed E-state index contributed by atoms with van der Waals surface area (Å²) in [6.45, 7) is 6.25. The summed E-state index contributed by atoms with van der Waals surface area (Å²) in [5.74, 6) is 0. The maximum atomic E-state index is 6.18. The third kappa shape index (κ3) is 3.28. The molecule has 1 aromatic heterocycles. The first-order valence-corrected chi connectivity index (χ1v) is 10.8. The molecule has 1 heterocycles. The van der Waals surface area contributed by atoms with Gasteiger partial charge in [0.2, 0.25) is 0 Å². The van der Waals surface area contributed by atoms with Gasteiger partial charge in [-0.15, -0.1) is 0 Å². The third-order valence-electron chi connectivity index (χ3n) is 5.77. The van der Waals surface area contributed by atoms with Crippen molar-refractivity contribution >= 4 is 49.8 Å². The van der Waals surface area contributed by atoms with Crippen LogP contribution in [-0.2, 0) is 0 Å². The van der Waals surface area contributed by atoms with Gasteiger partial charge >= 0.3 is 0 Å². The molecule has 0 aliphatic heterocycles. The lowest BCUT2D eigenvalue weighted by Crippen LogP contribution is -1.98. The fourth-order valence-electron chi connectivity index (χ4n) is 4.31. The van der Waals surface area contributed by atoms with Crippen molar-refractivity contribution in [2.45, 2.75) is 6.92 Å². The van der Waals surface area contributed by atoms with Gasteiger partial charge in [0.15, 0.2) is 0 Å². The number of fused-ring (bicyclic) bond motifs is 5. The van der Waals surface area contributed by atoms with Gasteiger partial charge in [-0.05, 0) is 47.5 Å². The predicted octanol–water partition coefficient (Wildman–Crippen LogP) is 8.65. The molecular formula is C29H22ClN. The maximum Gasteiger partial charge on any atom is 0.0547 e. The number of benzene rings is 4. The van der Waals surface area contributed by atoms with Gasteiger partial charge in [-0.2, -0.15) is 0 Å². The molecule has 5 aromatic rings. The van der Waals surface area contributed by atoms with Crippen LogP contribution in [0.5, 0.6) is 0 Å². The molecule has 0 spiro atoms. The minimum absolute atomic E-state index is 0.696. The summed E-state index contributed by atoms with van der Waals surface area (Å²) >= 11 is 6.18. The van der Waals surface area contributed by atoms with Crippen molar-refractivity contribution < 1.29 is 0 Å². The number of para-hydroxylation sites is 2. The minimum atomic E-state index is 0.696. The van der Waals surface area contributed by atoms with Crippen molar-refractivity contribution in [1.82, 2.24) is 4.57 Å². The van der Waals surface area contributed by atoms with Crippen molar-refractivity contribution in [2.24, 2.45) is 0 Å². The third-order valence-corrected chi connectivity index (χ3v) is 6.12. The molecule has 0 fully saturated rings. The molecule has 0 amide bonds. The second kappa shape index (κ2) is 7.94. The van der Waals surface area contributed by atoms with Crippen LogP contribution in [0, 0.1) is 0 Å². The monoisotopic (exact) mass is 419 g/mol. The van der Waals surface area contributed by atoms with Crippen LogP contribution in [0.2, 0.25) is 0 Å². The molecule has 0 aliphatic carbocycles. The Hall–Kier alpha value is -3.55. The minimum Gasteiger partial charge on any atom is -0.309 e. The normalized spacial score (nSPS) is 12.4. The summed E-state index contributed by atoms with van der Waals surface area (Å²) in [7, 11) is 0. The predicted molar refractivity (Wildman–Crippen MR) is 136 cm³/mol. The van der Waals surface area contributed by atoms with E-state index in [0.717, 1.165) is 16.8 Å². The van der Waals surface area contributed by atoms with E-state index >= 15 is 0 Å². The Labute approximate surface area is 187 Å². The number of rotatable bonds is 4. The fraction of sp³-hybridized carbons (Fsp3) is 0.0345. The highest BCUT2D eigenvalue weighted by molar-refractivity contribution is 6.31. The molecule has 0 aliphatic rings.